The molecule has 0 saturated heterocycles. The van der Waals surface area contributed by atoms with Crippen molar-refractivity contribution in [2.45, 2.75) is 32.9 Å². The Hall–Kier alpha value is -2.13. The summed E-state index contributed by atoms with van der Waals surface area (Å²) in [7, 11) is 1.66. The van der Waals surface area contributed by atoms with E-state index in [0.29, 0.717) is 25.2 Å². The number of benzene rings is 1. The Kier molecular flexibility index (Phi) is 5.94. The third-order valence-electron chi connectivity index (χ3n) is 3.15. The highest BCUT2D eigenvalue weighted by Crippen LogP contribution is 2.25. The van der Waals surface area contributed by atoms with Crippen LogP contribution in [0.3, 0.4) is 0 Å². The molecule has 0 amide bonds. The summed E-state index contributed by atoms with van der Waals surface area (Å²) >= 11 is 0. The van der Waals surface area contributed by atoms with Gasteiger partial charge in [0.25, 0.3) is 5.69 Å². The van der Waals surface area contributed by atoms with E-state index >= 15 is 0 Å². The van der Waals surface area contributed by atoms with E-state index in [9.17, 15) is 10.1 Å². The van der Waals surface area contributed by atoms with Gasteiger partial charge in [-0.05, 0) is 25.5 Å². The van der Waals surface area contributed by atoms with Crippen LogP contribution < -0.4 is 5.32 Å². The van der Waals surface area contributed by atoms with Crippen LogP contribution in [-0.2, 0) is 6.54 Å². The quantitative estimate of drug-likeness (QED) is 0.611. The largest absolute Gasteiger partial charge is 0.383 e. The Balaban J connectivity index is 2.93. The molecule has 1 aromatic rings. The second-order valence-corrected chi connectivity index (χ2v) is 4.83. The number of hydrogen-bond donors (Lipinski definition) is 1. The minimum Gasteiger partial charge on any atom is -0.383 e. The Morgan fingerprint density at radius 3 is 2.70 bits per heavy atom. The molecule has 1 rings (SSSR count). The van der Waals surface area contributed by atoms with Gasteiger partial charge >= 0.3 is 0 Å². The molecule has 0 unspecified atom stereocenters. The van der Waals surface area contributed by atoms with Crippen molar-refractivity contribution in [3.05, 3.63) is 33.9 Å². The van der Waals surface area contributed by atoms with Gasteiger partial charge in [0.2, 0.25) is 0 Å². The Bertz CT molecular complexity index is 508. The van der Waals surface area contributed by atoms with E-state index in [1.165, 1.54) is 0 Å². The Labute approximate surface area is 119 Å². The number of nitriles is 1. The number of anilines is 1. The maximum atomic E-state index is 11.0. The Morgan fingerprint density at radius 1 is 1.50 bits per heavy atom. The summed E-state index contributed by atoms with van der Waals surface area (Å²) in [4.78, 5) is 12.8. The molecule has 0 radical (unpaired) electrons. The van der Waals surface area contributed by atoms with Crippen molar-refractivity contribution in [3.8, 4) is 6.07 Å². The van der Waals surface area contributed by atoms with E-state index in [0.717, 1.165) is 5.56 Å². The summed E-state index contributed by atoms with van der Waals surface area (Å²) in [6.07, 6.45) is 0.453. The van der Waals surface area contributed by atoms with Crippen LogP contribution in [0, 0.1) is 21.4 Å². The van der Waals surface area contributed by atoms with Gasteiger partial charge in [0, 0.05) is 38.7 Å². The number of hydrogen-bond acceptors (Lipinski definition) is 5. The van der Waals surface area contributed by atoms with E-state index in [-0.39, 0.29) is 16.7 Å². The zero-order valence-corrected chi connectivity index (χ0v) is 12.1. The van der Waals surface area contributed by atoms with Gasteiger partial charge in [-0.1, -0.05) is 6.07 Å². The first kappa shape index (κ1) is 15.9. The fourth-order valence-corrected chi connectivity index (χ4v) is 1.99. The summed E-state index contributed by atoms with van der Waals surface area (Å²) in [6, 6.07) is 7.60. The highest BCUT2D eigenvalue weighted by Gasteiger charge is 2.16. The second kappa shape index (κ2) is 7.46. The van der Waals surface area contributed by atoms with Crippen molar-refractivity contribution < 1.29 is 4.92 Å². The minimum atomic E-state index is -0.385. The van der Waals surface area contributed by atoms with Crippen LogP contribution in [-0.4, -0.2) is 29.5 Å². The lowest BCUT2D eigenvalue weighted by atomic mass is 10.1. The highest BCUT2D eigenvalue weighted by atomic mass is 16.6. The van der Waals surface area contributed by atoms with Gasteiger partial charge in [0.15, 0.2) is 0 Å². The molecule has 1 N–H and O–H groups in total. The number of nitrogens with one attached hydrogen (secondary N) is 1. The predicted octanol–water partition coefficient (Wildman–Crippen LogP) is 2.76. The molecule has 0 fully saturated rings. The van der Waals surface area contributed by atoms with Crippen molar-refractivity contribution >= 4 is 11.4 Å². The number of nitrogens with zero attached hydrogens (tertiary/aromatic N) is 3. The molecule has 6 heteroatoms. The lowest BCUT2D eigenvalue weighted by Crippen LogP contribution is -2.31. The highest BCUT2D eigenvalue weighted by molar-refractivity contribution is 5.62. The van der Waals surface area contributed by atoms with Crippen molar-refractivity contribution in [2.75, 3.05) is 18.9 Å². The number of nitro groups is 1. The van der Waals surface area contributed by atoms with Gasteiger partial charge < -0.3 is 5.32 Å². The van der Waals surface area contributed by atoms with Crippen molar-refractivity contribution in [1.82, 2.24) is 4.90 Å². The van der Waals surface area contributed by atoms with E-state index in [2.05, 4.69) is 16.3 Å². The van der Waals surface area contributed by atoms with Gasteiger partial charge in [-0.3, -0.25) is 15.0 Å². The molecule has 0 aliphatic rings. The van der Waals surface area contributed by atoms with Gasteiger partial charge in [-0.25, -0.2) is 0 Å². The summed E-state index contributed by atoms with van der Waals surface area (Å²) in [5, 5.41) is 22.5. The minimum absolute atomic E-state index is 0.0778. The standard InChI is InChI=1S/C14H20N4O2/c1-11(2)17(8-4-7-15)10-12-5-6-13(16-3)14(9-12)18(19)20/h5-6,9,11,16H,4,8,10H2,1-3H3. The normalized spacial score (nSPS) is 10.6. The lowest BCUT2D eigenvalue weighted by Gasteiger charge is -2.25. The predicted molar refractivity (Wildman–Crippen MR) is 78.4 cm³/mol. The zero-order valence-electron chi connectivity index (χ0n) is 12.1. The SMILES string of the molecule is CNc1ccc(CN(CCC#N)C(C)C)cc1[N+](=O)[O-]. The fourth-order valence-electron chi connectivity index (χ4n) is 1.99. The van der Waals surface area contributed by atoms with Gasteiger partial charge in [-0.15, -0.1) is 0 Å². The summed E-state index contributed by atoms with van der Waals surface area (Å²) in [5.41, 5.74) is 1.46. The molecular weight excluding hydrogens is 256 g/mol. The molecule has 0 spiro atoms. The fraction of sp³-hybridized carbons (Fsp3) is 0.500. The maximum Gasteiger partial charge on any atom is 0.292 e. The van der Waals surface area contributed by atoms with E-state index in [1.807, 2.05) is 19.9 Å². The second-order valence-electron chi connectivity index (χ2n) is 4.83. The molecular formula is C14H20N4O2. The number of rotatable bonds is 7. The van der Waals surface area contributed by atoms with Crippen LogP contribution in [0.2, 0.25) is 0 Å². The van der Waals surface area contributed by atoms with Crippen LogP contribution >= 0.6 is 0 Å². The summed E-state index contributed by atoms with van der Waals surface area (Å²) in [6.45, 7) is 5.36. The maximum absolute atomic E-state index is 11.0. The monoisotopic (exact) mass is 276 g/mol. The molecule has 0 aromatic heterocycles. The van der Waals surface area contributed by atoms with Gasteiger partial charge in [0.05, 0.1) is 11.0 Å². The first-order valence-corrected chi connectivity index (χ1v) is 6.55. The molecule has 0 atom stereocenters. The summed E-state index contributed by atoms with van der Waals surface area (Å²) in [5.74, 6) is 0. The molecule has 0 heterocycles. The van der Waals surface area contributed by atoms with Crippen LogP contribution in [0.5, 0.6) is 0 Å². The molecule has 20 heavy (non-hydrogen) atoms. The average molecular weight is 276 g/mol. The Morgan fingerprint density at radius 2 is 2.20 bits per heavy atom. The van der Waals surface area contributed by atoms with Crippen molar-refractivity contribution in [1.29, 1.82) is 5.26 Å². The third kappa shape index (κ3) is 4.21. The lowest BCUT2D eigenvalue weighted by molar-refractivity contribution is -0.384. The zero-order chi connectivity index (χ0) is 15.1. The molecule has 0 aliphatic heterocycles. The van der Waals surface area contributed by atoms with Crippen molar-refractivity contribution in [2.24, 2.45) is 0 Å². The third-order valence-corrected chi connectivity index (χ3v) is 3.15. The van der Waals surface area contributed by atoms with Crippen molar-refractivity contribution in [3.63, 3.8) is 0 Å². The first-order valence-electron chi connectivity index (χ1n) is 6.55. The number of nitro benzene ring substituents is 1. The molecule has 0 saturated carbocycles. The van der Waals surface area contributed by atoms with Crippen LogP contribution in [0.25, 0.3) is 0 Å². The first-order chi connectivity index (χ1) is 9.49. The molecule has 1 aromatic carbocycles. The van der Waals surface area contributed by atoms with E-state index in [4.69, 9.17) is 5.26 Å². The van der Waals surface area contributed by atoms with E-state index < -0.39 is 0 Å². The van der Waals surface area contributed by atoms with E-state index in [1.54, 1.807) is 19.2 Å². The molecule has 0 aliphatic carbocycles. The van der Waals surface area contributed by atoms with Crippen LogP contribution in [0.4, 0.5) is 11.4 Å². The van der Waals surface area contributed by atoms with Gasteiger partial charge in [0.1, 0.15) is 5.69 Å². The summed E-state index contributed by atoms with van der Waals surface area (Å²) < 4.78 is 0. The topological polar surface area (TPSA) is 82.2 Å². The average Bonchev–Trinajstić information content (AvgIpc) is 2.42. The van der Waals surface area contributed by atoms with Crippen LogP contribution in [0.1, 0.15) is 25.8 Å². The molecule has 108 valence electrons. The van der Waals surface area contributed by atoms with Gasteiger partial charge in [-0.2, -0.15) is 5.26 Å². The molecule has 6 nitrogen and oxygen atoms in total. The smallest absolute Gasteiger partial charge is 0.292 e. The van der Waals surface area contributed by atoms with Crippen LogP contribution in [0.15, 0.2) is 18.2 Å². The molecule has 0 bridgehead atoms.